The van der Waals surface area contributed by atoms with Crippen molar-refractivity contribution in [3.63, 3.8) is 0 Å². The number of benzene rings is 3. The quantitative estimate of drug-likeness (QED) is 0.136. The number of nitrogens with zero attached hydrogens (tertiary/aromatic N) is 1. The molecule has 0 atom stereocenters. The van der Waals surface area contributed by atoms with Crippen molar-refractivity contribution >= 4 is 62.3 Å². The van der Waals surface area contributed by atoms with Crippen molar-refractivity contribution in [1.29, 1.82) is 0 Å². The molecule has 3 aromatic carbocycles. The maximum atomic E-state index is 13.0. The number of thioether (sulfide) groups is 1. The highest BCUT2D eigenvalue weighted by atomic mass is 79.9. The van der Waals surface area contributed by atoms with E-state index in [1.54, 1.807) is 54.6 Å². The fourth-order valence-electron chi connectivity index (χ4n) is 3.78. The molecule has 0 aliphatic carbocycles. The third-order valence-electron chi connectivity index (χ3n) is 5.67. The highest BCUT2D eigenvalue weighted by molar-refractivity contribution is 9.10. The molecule has 1 aliphatic heterocycles. The Hall–Kier alpha value is -3.33. The minimum Gasteiger partial charge on any atom is -0.493 e. The number of imide groups is 1. The Bertz CT molecular complexity index is 1420. The lowest BCUT2D eigenvalue weighted by atomic mass is 10.0. The first-order valence-electron chi connectivity index (χ1n) is 11.5. The van der Waals surface area contributed by atoms with Crippen LogP contribution in [0.1, 0.15) is 27.0 Å². The van der Waals surface area contributed by atoms with Crippen LogP contribution in [0.3, 0.4) is 0 Å². The summed E-state index contributed by atoms with van der Waals surface area (Å²) in [5.41, 5.74) is 2.83. The van der Waals surface area contributed by atoms with Crippen molar-refractivity contribution in [2.24, 2.45) is 0 Å². The monoisotopic (exact) mass is 611 g/mol. The Kier molecular flexibility index (Phi) is 9.09. The number of allylic oxidation sites excluding steroid dienone is 1. The number of ketones is 1. The molecule has 0 N–H and O–H groups in total. The number of hydrogen-bond donors (Lipinski definition) is 0. The van der Waals surface area contributed by atoms with E-state index in [0.29, 0.717) is 40.7 Å². The van der Waals surface area contributed by atoms with Crippen molar-refractivity contribution in [2.75, 3.05) is 13.7 Å². The van der Waals surface area contributed by atoms with E-state index in [9.17, 15) is 14.4 Å². The first kappa shape index (κ1) is 27.7. The van der Waals surface area contributed by atoms with E-state index in [0.717, 1.165) is 32.3 Å². The van der Waals surface area contributed by atoms with E-state index < -0.39 is 11.1 Å². The SMILES string of the molecule is C=CCc1cc(/C=C2\SC(=O)N(CC(=O)c3ccc(Br)cc3)C2=O)cc(OC)c1OCc1ccc(Cl)cc1. The van der Waals surface area contributed by atoms with Crippen molar-refractivity contribution in [2.45, 2.75) is 13.0 Å². The third kappa shape index (κ3) is 6.56. The summed E-state index contributed by atoms with van der Waals surface area (Å²) in [4.78, 5) is 39.5. The van der Waals surface area contributed by atoms with Crippen molar-refractivity contribution in [3.05, 3.63) is 110 Å². The number of rotatable bonds is 10. The number of carbonyl (C=O) groups is 3. The van der Waals surface area contributed by atoms with E-state index >= 15 is 0 Å². The van der Waals surface area contributed by atoms with Crippen LogP contribution in [0.4, 0.5) is 4.79 Å². The van der Waals surface area contributed by atoms with E-state index in [1.807, 2.05) is 18.2 Å². The number of halogens is 2. The van der Waals surface area contributed by atoms with Crippen molar-refractivity contribution < 1.29 is 23.9 Å². The zero-order valence-corrected chi connectivity index (χ0v) is 23.6. The summed E-state index contributed by atoms with van der Waals surface area (Å²) < 4.78 is 12.5. The summed E-state index contributed by atoms with van der Waals surface area (Å²) in [6.07, 6.45) is 3.86. The predicted molar refractivity (Wildman–Crippen MR) is 154 cm³/mol. The zero-order chi connectivity index (χ0) is 27.2. The predicted octanol–water partition coefficient (Wildman–Crippen LogP) is 7.34. The van der Waals surface area contributed by atoms with Gasteiger partial charge in [-0.25, -0.2) is 0 Å². The molecule has 0 spiro atoms. The molecule has 1 fully saturated rings. The summed E-state index contributed by atoms with van der Waals surface area (Å²) in [5.74, 6) is 0.206. The van der Waals surface area contributed by atoms with Gasteiger partial charge in [0.2, 0.25) is 0 Å². The number of carbonyl (C=O) groups excluding carboxylic acids is 3. The highest BCUT2D eigenvalue weighted by Gasteiger charge is 2.36. The smallest absolute Gasteiger partial charge is 0.293 e. The van der Waals surface area contributed by atoms with E-state index in [4.69, 9.17) is 21.1 Å². The van der Waals surface area contributed by atoms with E-state index in [-0.39, 0.29) is 17.2 Å². The maximum Gasteiger partial charge on any atom is 0.293 e. The maximum absolute atomic E-state index is 13.0. The number of Topliss-reactive ketones (excluding diaryl/α,β-unsaturated/α-hetero) is 1. The normalized spacial score (nSPS) is 14.2. The van der Waals surface area contributed by atoms with Gasteiger partial charge >= 0.3 is 0 Å². The van der Waals surface area contributed by atoms with Gasteiger partial charge in [-0.1, -0.05) is 57.9 Å². The third-order valence-corrected chi connectivity index (χ3v) is 7.36. The standard InChI is InChI=1S/C29H23BrClNO5S/c1-3-4-21-13-19(14-25(36-2)27(21)37-17-18-5-11-23(31)12-6-18)15-26-28(34)32(29(35)38-26)16-24(33)20-7-9-22(30)10-8-20/h3,5-15H,1,4,16-17H2,2H3/b26-15-. The summed E-state index contributed by atoms with van der Waals surface area (Å²) in [6, 6.07) is 17.7. The lowest BCUT2D eigenvalue weighted by Crippen LogP contribution is -2.33. The molecule has 0 unspecified atom stereocenters. The molecule has 194 valence electrons. The Morgan fingerprint density at radius 3 is 2.47 bits per heavy atom. The molecule has 1 heterocycles. The van der Waals surface area contributed by atoms with E-state index in [1.165, 1.54) is 7.11 Å². The average Bonchev–Trinajstić information content (AvgIpc) is 3.16. The summed E-state index contributed by atoms with van der Waals surface area (Å²) >= 11 is 10.1. The lowest BCUT2D eigenvalue weighted by molar-refractivity contribution is -0.122. The van der Waals surface area contributed by atoms with Gasteiger partial charge in [0.05, 0.1) is 18.6 Å². The minimum absolute atomic E-state index is 0.222. The molecule has 6 nitrogen and oxygen atoms in total. The van der Waals surface area contributed by atoms with Crippen LogP contribution in [0.15, 0.2) is 82.7 Å². The molecule has 1 aliphatic rings. The molecular weight excluding hydrogens is 590 g/mol. The molecule has 3 aromatic rings. The number of ether oxygens (including phenoxy) is 2. The fourth-order valence-corrected chi connectivity index (χ4v) is 5.01. The molecule has 1 saturated heterocycles. The van der Waals surface area contributed by atoms with Gasteiger partial charge in [-0.2, -0.15) is 0 Å². The second kappa shape index (κ2) is 12.5. The number of amides is 2. The Morgan fingerprint density at radius 2 is 1.82 bits per heavy atom. The molecule has 38 heavy (non-hydrogen) atoms. The van der Waals surface area contributed by atoms with Gasteiger partial charge in [-0.15, -0.1) is 6.58 Å². The van der Waals surface area contributed by atoms with Crippen molar-refractivity contribution in [1.82, 2.24) is 4.90 Å². The Labute approximate surface area is 238 Å². The van der Waals surface area contributed by atoms with Gasteiger partial charge < -0.3 is 9.47 Å². The Morgan fingerprint density at radius 1 is 1.11 bits per heavy atom. The first-order valence-corrected chi connectivity index (χ1v) is 13.5. The van der Waals surface area contributed by atoms with Crippen LogP contribution < -0.4 is 9.47 Å². The minimum atomic E-state index is -0.516. The van der Waals surface area contributed by atoms with Crippen LogP contribution in [0.25, 0.3) is 6.08 Å². The molecular formula is C29H23BrClNO5S. The van der Waals surface area contributed by atoms with Crippen LogP contribution in [0.5, 0.6) is 11.5 Å². The second-order valence-electron chi connectivity index (χ2n) is 8.32. The number of methoxy groups -OCH3 is 1. The summed E-state index contributed by atoms with van der Waals surface area (Å²) in [5, 5.41) is 0.151. The molecule has 2 amide bonds. The van der Waals surface area contributed by atoms with Gasteiger partial charge in [0.15, 0.2) is 17.3 Å². The largest absolute Gasteiger partial charge is 0.493 e. The summed E-state index contributed by atoms with van der Waals surface area (Å²) in [6.45, 7) is 3.81. The molecule has 4 rings (SSSR count). The fraction of sp³-hybridized carbons (Fsp3) is 0.138. The zero-order valence-electron chi connectivity index (χ0n) is 20.4. The lowest BCUT2D eigenvalue weighted by Gasteiger charge is -2.16. The van der Waals surface area contributed by atoms with Gasteiger partial charge in [0, 0.05) is 20.6 Å². The van der Waals surface area contributed by atoms with Gasteiger partial charge in [0.1, 0.15) is 6.61 Å². The Balaban J connectivity index is 1.56. The average molecular weight is 613 g/mol. The van der Waals surface area contributed by atoms with Crippen LogP contribution in [0.2, 0.25) is 5.02 Å². The summed E-state index contributed by atoms with van der Waals surface area (Å²) in [7, 11) is 1.54. The van der Waals surface area contributed by atoms with E-state index in [2.05, 4.69) is 22.5 Å². The molecule has 0 saturated carbocycles. The van der Waals surface area contributed by atoms with Crippen LogP contribution in [0, 0.1) is 0 Å². The molecule has 0 bridgehead atoms. The molecule has 9 heteroatoms. The number of hydrogen-bond acceptors (Lipinski definition) is 6. The van der Waals surface area contributed by atoms with Crippen molar-refractivity contribution in [3.8, 4) is 11.5 Å². The van der Waals surface area contributed by atoms with Gasteiger partial charge in [-0.05, 0) is 71.8 Å². The topological polar surface area (TPSA) is 72.9 Å². The molecule has 0 radical (unpaired) electrons. The highest BCUT2D eigenvalue weighted by Crippen LogP contribution is 2.37. The van der Waals surface area contributed by atoms with Crippen LogP contribution >= 0.6 is 39.3 Å². The van der Waals surface area contributed by atoms with Crippen LogP contribution in [-0.4, -0.2) is 35.5 Å². The van der Waals surface area contributed by atoms with Gasteiger partial charge in [0.25, 0.3) is 11.1 Å². The molecule has 0 aromatic heterocycles. The van der Waals surface area contributed by atoms with Gasteiger partial charge in [-0.3, -0.25) is 19.3 Å². The van der Waals surface area contributed by atoms with Crippen LogP contribution in [-0.2, 0) is 17.8 Å². The second-order valence-corrected chi connectivity index (χ2v) is 10.7. The first-order chi connectivity index (χ1) is 18.3.